The molecule has 25 heavy (non-hydrogen) atoms. The quantitative estimate of drug-likeness (QED) is 0.591. The standard InChI is InChI=1S/C17H13N5O3/c1-23-13-9-7-11(8-10-13)14-19-15(25-22-14)16-20-21-17(24-16)18-12-5-3-2-4-6-12/h2-10H,1H3,(H,18,21). The lowest BCUT2D eigenvalue weighted by Crippen LogP contribution is -1.88. The molecule has 2 aromatic carbocycles. The molecule has 0 spiro atoms. The van der Waals surface area contributed by atoms with Gasteiger partial charge in [-0.15, -0.1) is 5.10 Å². The Labute approximate surface area is 142 Å². The van der Waals surface area contributed by atoms with Gasteiger partial charge in [0.2, 0.25) is 5.82 Å². The predicted molar refractivity (Wildman–Crippen MR) is 89.3 cm³/mol. The number of anilines is 2. The largest absolute Gasteiger partial charge is 0.497 e. The summed E-state index contributed by atoms with van der Waals surface area (Å²) in [6.07, 6.45) is 0. The van der Waals surface area contributed by atoms with E-state index in [0.717, 1.165) is 17.0 Å². The first-order valence-electron chi connectivity index (χ1n) is 7.46. The summed E-state index contributed by atoms with van der Waals surface area (Å²) in [5.74, 6) is 1.47. The van der Waals surface area contributed by atoms with E-state index >= 15 is 0 Å². The van der Waals surface area contributed by atoms with Crippen LogP contribution in [0.15, 0.2) is 63.5 Å². The number of hydrogen-bond donors (Lipinski definition) is 1. The monoisotopic (exact) mass is 335 g/mol. The zero-order valence-electron chi connectivity index (χ0n) is 13.2. The average Bonchev–Trinajstić information content (AvgIpc) is 3.32. The molecule has 2 heterocycles. The number of rotatable bonds is 5. The molecule has 0 atom stereocenters. The molecule has 0 aliphatic rings. The van der Waals surface area contributed by atoms with Gasteiger partial charge in [0, 0.05) is 11.3 Å². The molecule has 8 nitrogen and oxygen atoms in total. The summed E-state index contributed by atoms with van der Waals surface area (Å²) in [4.78, 5) is 4.28. The van der Waals surface area contributed by atoms with Crippen LogP contribution in [0.4, 0.5) is 11.7 Å². The van der Waals surface area contributed by atoms with Crippen molar-refractivity contribution in [1.82, 2.24) is 20.3 Å². The molecule has 0 aliphatic carbocycles. The van der Waals surface area contributed by atoms with Crippen LogP contribution in [0, 0.1) is 0 Å². The number of para-hydroxylation sites is 1. The van der Waals surface area contributed by atoms with E-state index < -0.39 is 0 Å². The van der Waals surface area contributed by atoms with Crippen LogP contribution in [0.3, 0.4) is 0 Å². The second kappa shape index (κ2) is 6.44. The van der Waals surface area contributed by atoms with Crippen LogP contribution in [0.5, 0.6) is 5.75 Å². The second-order valence-corrected chi connectivity index (χ2v) is 5.06. The Hall–Kier alpha value is -3.68. The molecular formula is C17H13N5O3. The SMILES string of the molecule is COc1ccc(-c2noc(-c3nnc(Nc4ccccc4)o3)n2)cc1. The minimum Gasteiger partial charge on any atom is -0.497 e. The Morgan fingerprint density at radius 1 is 0.920 bits per heavy atom. The fourth-order valence-electron chi connectivity index (χ4n) is 2.17. The van der Waals surface area contributed by atoms with Crippen molar-refractivity contribution in [3.8, 4) is 28.9 Å². The topological polar surface area (TPSA) is 99.1 Å². The summed E-state index contributed by atoms with van der Waals surface area (Å²) in [6.45, 7) is 0. The van der Waals surface area contributed by atoms with Gasteiger partial charge < -0.3 is 19.0 Å². The molecule has 1 N–H and O–H groups in total. The maximum Gasteiger partial charge on any atom is 0.320 e. The van der Waals surface area contributed by atoms with Crippen molar-refractivity contribution in [2.75, 3.05) is 12.4 Å². The summed E-state index contributed by atoms with van der Waals surface area (Å²) < 4.78 is 15.8. The zero-order chi connectivity index (χ0) is 17.1. The minimum absolute atomic E-state index is 0.144. The number of benzene rings is 2. The fourth-order valence-corrected chi connectivity index (χ4v) is 2.17. The van der Waals surface area contributed by atoms with Crippen molar-refractivity contribution in [3.05, 3.63) is 54.6 Å². The lowest BCUT2D eigenvalue weighted by Gasteiger charge is -1.98. The highest BCUT2D eigenvalue weighted by Crippen LogP contribution is 2.24. The van der Waals surface area contributed by atoms with Crippen LogP contribution in [0.1, 0.15) is 0 Å². The molecule has 0 amide bonds. The lowest BCUT2D eigenvalue weighted by atomic mass is 10.2. The van der Waals surface area contributed by atoms with Crippen molar-refractivity contribution in [2.45, 2.75) is 0 Å². The van der Waals surface area contributed by atoms with Crippen molar-refractivity contribution in [1.29, 1.82) is 0 Å². The van der Waals surface area contributed by atoms with E-state index in [1.807, 2.05) is 54.6 Å². The zero-order valence-corrected chi connectivity index (χ0v) is 13.2. The molecular weight excluding hydrogens is 322 g/mol. The predicted octanol–water partition coefficient (Wildman–Crippen LogP) is 3.54. The Bertz CT molecular complexity index is 963. The van der Waals surface area contributed by atoms with Crippen LogP contribution in [0.2, 0.25) is 0 Å². The Morgan fingerprint density at radius 2 is 1.72 bits per heavy atom. The van der Waals surface area contributed by atoms with Gasteiger partial charge >= 0.3 is 17.8 Å². The van der Waals surface area contributed by atoms with Crippen LogP contribution in [0.25, 0.3) is 23.2 Å². The molecule has 0 unspecified atom stereocenters. The first-order valence-corrected chi connectivity index (χ1v) is 7.46. The number of methoxy groups -OCH3 is 1. The van der Waals surface area contributed by atoms with Crippen molar-refractivity contribution in [3.63, 3.8) is 0 Å². The fraction of sp³-hybridized carbons (Fsp3) is 0.0588. The lowest BCUT2D eigenvalue weighted by molar-refractivity contribution is 0.414. The van der Waals surface area contributed by atoms with E-state index in [0.29, 0.717) is 5.82 Å². The van der Waals surface area contributed by atoms with Gasteiger partial charge in [-0.05, 0) is 36.4 Å². The molecule has 4 aromatic rings. The Balaban J connectivity index is 1.54. The average molecular weight is 335 g/mol. The second-order valence-electron chi connectivity index (χ2n) is 5.06. The van der Waals surface area contributed by atoms with E-state index in [1.165, 1.54) is 0 Å². The summed E-state index contributed by atoms with van der Waals surface area (Å²) >= 11 is 0. The smallest absolute Gasteiger partial charge is 0.320 e. The third kappa shape index (κ3) is 3.18. The van der Waals surface area contributed by atoms with Gasteiger partial charge in [-0.2, -0.15) is 4.98 Å². The van der Waals surface area contributed by atoms with E-state index in [-0.39, 0.29) is 17.8 Å². The van der Waals surface area contributed by atoms with E-state index in [4.69, 9.17) is 13.7 Å². The summed E-state index contributed by atoms with van der Waals surface area (Å²) in [5.41, 5.74) is 1.63. The molecule has 4 rings (SSSR count). The molecule has 8 heteroatoms. The van der Waals surface area contributed by atoms with Crippen LogP contribution < -0.4 is 10.1 Å². The summed E-state index contributed by atoms with van der Waals surface area (Å²) in [6, 6.07) is 17.1. The Kier molecular flexibility index (Phi) is 3.83. The first-order chi connectivity index (χ1) is 12.3. The third-order valence-electron chi connectivity index (χ3n) is 3.41. The van der Waals surface area contributed by atoms with Crippen LogP contribution in [-0.2, 0) is 0 Å². The summed E-state index contributed by atoms with van der Waals surface area (Å²) in [7, 11) is 1.61. The maximum atomic E-state index is 5.51. The van der Waals surface area contributed by atoms with Crippen molar-refractivity contribution in [2.24, 2.45) is 0 Å². The third-order valence-corrected chi connectivity index (χ3v) is 3.41. The summed E-state index contributed by atoms with van der Waals surface area (Å²) in [5, 5.41) is 14.8. The molecule has 124 valence electrons. The van der Waals surface area contributed by atoms with Gasteiger partial charge in [-0.3, -0.25) is 0 Å². The number of nitrogens with zero attached hydrogens (tertiary/aromatic N) is 4. The molecule has 0 fully saturated rings. The minimum atomic E-state index is 0.144. The van der Waals surface area contributed by atoms with Gasteiger partial charge in [0.25, 0.3) is 0 Å². The molecule has 2 aromatic heterocycles. The highest BCUT2D eigenvalue weighted by atomic mass is 16.5. The maximum absolute atomic E-state index is 5.51. The first kappa shape index (κ1) is 14.9. The molecule has 0 aliphatic heterocycles. The number of aromatic nitrogens is 4. The highest BCUT2D eigenvalue weighted by molar-refractivity contribution is 5.58. The number of nitrogens with one attached hydrogen (secondary N) is 1. The van der Waals surface area contributed by atoms with E-state index in [2.05, 4.69) is 25.7 Å². The van der Waals surface area contributed by atoms with Crippen molar-refractivity contribution < 1.29 is 13.7 Å². The normalized spacial score (nSPS) is 10.6. The molecule has 0 radical (unpaired) electrons. The van der Waals surface area contributed by atoms with Crippen molar-refractivity contribution >= 4 is 11.7 Å². The van der Waals surface area contributed by atoms with Gasteiger partial charge in [-0.25, -0.2) is 0 Å². The van der Waals surface area contributed by atoms with E-state index in [9.17, 15) is 0 Å². The highest BCUT2D eigenvalue weighted by Gasteiger charge is 2.17. The van der Waals surface area contributed by atoms with Crippen LogP contribution >= 0.6 is 0 Å². The van der Waals surface area contributed by atoms with Crippen LogP contribution in [-0.4, -0.2) is 27.4 Å². The molecule has 0 saturated carbocycles. The van der Waals surface area contributed by atoms with Gasteiger partial charge in [0.1, 0.15) is 5.75 Å². The van der Waals surface area contributed by atoms with Gasteiger partial charge in [-0.1, -0.05) is 28.5 Å². The molecule has 0 bridgehead atoms. The number of ether oxygens (including phenoxy) is 1. The molecule has 0 saturated heterocycles. The van der Waals surface area contributed by atoms with Gasteiger partial charge in [0.15, 0.2) is 0 Å². The van der Waals surface area contributed by atoms with E-state index in [1.54, 1.807) is 7.11 Å². The Morgan fingerprint density at radius 3 is 2.48 bits per heavy atom. The van der Waals surface area contributed by atoms with Gasteiger partial charge in [0.05, 0.1) is 7.11 Å². The number of hydrogen-bond acceptors (Lipinski definition) is 8.